The van der Waals surface area contributed by atoms with Crippen molar-refractivity contribution in [1.82, 2.24) is 4.90 Å². The molecule has 0 bridgehead atoms. The van der Waals surface area contributed by atoms with E-state index in [0.717, 1.165) is 17.7 Å². The van der Waals surface area contributed by atoms with Crippen molar-refractivity contribution in [3.8, 4) is 0 Å². The van der Waals surface area contributed by atoms with Crippen molar-refractivity contribution in [1.29, 1.82) is 0 Å². The first kappa shape index (κ1) is 12.9. The molecular weight excluding hydrogens is 262 g/mol. The highest BCUT2D eigenvalue weighted by Gasteiger charge is 2.51. The minimum Gasteiger partial charge on any atom is -0.478 e. The fourth-order valence-electron chi connectivity index (χ4n) is 3.30. The Labute approximate surface area is 115 Å². The summed E-state index contributed by atoms with van der Waals surface area (Å²) in [5.74, 6) is -1.46. The summed E-state index contributed by atoms with van der Waals surface area (Å²) in [7, 11) is 0. The number of carboxylic acid groups (broad SMARTS) is 1. The van der Waals surface area contributed by atoms with E-state index in [1.165, 1.54) is 12.3 Å². The maximum absolute atomic E-state index is 12.3. The maximum atomic E-state index is 12.3. The third kappa shape index (κ3) is 1.83. The van der Waals surface area contributed by atoms with Gasteiger partial charge in [0, 0.05) is 0 Å². The first-order valence-electron chi connectivity index (χ1n) is 6.64. The van der Waals surface area contributed by atoms with Gasteiger partial charge < -0.3 is 9.52 Å². The summed E-state index contributed by atoms with van der Waals surface area (Å²) < 4.78 is 5.10. The number of imide groups is 1. The summed E-state index contributed by atoms with van der Waals surface area (Å²) in [6, 6.07) is 1.32. The van der Waals surface area contributed by atoms with Crippen LogP contribution < -0.4 is 0 Å². The van der Waals surface area contributed by atoms with Crippen LogP contribution in [0.4, 0.5) is 0 Å². The van der Waals surface area contributed by atoms with E-state index >= 15 is 0 Å². The van der Waals surface area contributed by atoms with Crippen LogP contribution in [0.25, 0.3) is 0 Å². The van der Waals surface area contributed by atoms with Gasteiger partial charge in [-0.05, 0) is 24.8 Å². The lowest BCUT2D eigenvalue weighted by molar-refractivity contribution is -0.141. The van der Waals surface area contributed by atoms with E-state index in [1.807, 2.05) is 6.92 Å². The first-order chi connectivity index (χ1) is 9.49. The van der Waals surface area contributed by atoms with Crippen molar-refractivity contribution >= 4 is 17.8 Å². The van der Waals surface area contributed by atoms with E-state index in [-0.39, 0.29) is 41.5 Å². The molecule has 6 heteroatoms. The van der Waals surface area contributed by atoms with E-state index in [0.29, 0.717) is 5.92 Å². The van der Waals surface area contributed by atoms with Crippen molar-refractivity contribution in [3.63, 3.8) is 0 Å². The average molecular weight is 277 g/mol. The van der Waals surface area contributed by atoms with Crippen LogP contribution in [0.5, 0.6) is 0 Å². The lowest BCUT2D eigenvalue weighted by Gasteiger charge is -2.15. The van der Waals surface area contributed by atoms with Gasteiger partial charge in [0.25, 0.3) is 0 Å². The second-order valence-electron chi connectivity index (χ2n) is 5.61. The van der Waals surface area contributed by atoms with Crippen LogP contribution in [0.2, 0.25) is 0 Å². The van der Waals surface area contributed by atoms with Crippen LogP contribution in [0, 0.1) is 17.8 Å². The predicted molar refractivity (Wildman–Crippen MR) is 66.6 cm³/mol. The molecule has 1 aromatic rings. The third-order valence-corrected chi connectivity index (χ3v) is 4.24. The van der Waals surface area contributed by atoms with Crippen LogP contribution in [0.3, 0.4) is 0 Å². The minimum atomic E-state index is -1.12. The quantitative estimate of drug-likeness (QED) is 0.846. The molecule has 0 spiro atoms. The number of fused-ring (bicyclic) bond motifs is 1. The molecular formula is C14H15NO5. The number of carboxylic acids is 1. The Hall–Kier alpha value is -2.11. The molecule has 3 rings (SSSR count). The molecule has 6 nitrogen and oxygen atoms in total. The number of likely N-dealkylation sites (tertiary alicyclic amines) is 1. The predicted octanol–water partition coefficient (Wildman–Crippen LogP) is 1.51. The molecule has 2 heterocycles. The third-order valence-electron chi connectivity index (χ3n) is 4.24. The molecule has 2 amide bonds. The largest absolute Gasteiger partial charge is 0.478 e. The topological polar surface area (TPSA) is 87.8 Å². The molecule has 1 saturated carbocycles. The summed E-state index contributed by atoms with van der Waals surface area (Å²) in [6.07, 6.45) is 2.72. The zero-order valence-electron chi connectivity index (χ0n) is 11.0. The smallest absolute Gasteiger partial charge is 0.339 e. The number of rotatable bonds is 3. The van der Waals surface area contributed by atoms with Crippen LogP contribution in [-0.2, 0) is 16.1 Å². The van der Waals surface area contributed by atoms with Gasteiger partial charge in [-0.2, -0.15) is 0 Å². The fourth-order valence-corrected chi connectivity index (χ4v) is 3.30. The molecule has 2 unspecified atom stereocenters. The standard InChI is InChI=1S/C14H15NO5/c1-7-4-9-10(5-7)13(17)15(12(9)16)6-11-8(14(18)19)2-3-20-11/h2-3,7,9-10H,4-6H2,1H3,(H,18,19). The number of furan rings is 1. The Balaban J connectivity index is 1.82. The van der Waals surface area contributed by atoms with Gasteiger partial charge in [0.2, 0.25) is 11.8 Å². The number of hydrogen-bond acceptors (Lipinski definition) is 4. The molecule has 1 saturated heterocycles. The molecule has 2 atom stereocenters. The molecule has 1 N–H and O–H groups in total. The fraction of sp³-hybridized carbons (Fsp3) is 0.500. The van der Waals surface area contributed by atoms with Gasteiger partial charge in [0.15, 0.2) is 0 Å². The van der Waals surface area contributed by atoms with Crippen LogP contribution in [0.15, 0.2) is 16.7 Å². The number of aromatic carboxylic acids is 1. The van der Waals surface area contributed by atoms with E-state index in [4.69, 9.17) is 9.52 Å². The van der Waals surface area contributed by atoms with Crippen molar-refractivity contribution in [2.45, 2.75) is 26.3 Å². The van der Waals surface area contributed by atoms with Gasteiger partial charge in [0.1, 0.15) is 11.3 Å². The van der Waals surface area contributed by atoms with Gasteiger partial charge in [-0.1, -0.05) is 6.92 Å². The Morgan fingerprint density at radius 1 is 1.35 bits per heavy atom. The highest BCUT2D eigenvalue weighted by molar-refractivity contribution is 6.05. The summed E-state index contributed by atoms with van der Waals surface area (Å²) in [6.45, 7) is 1.95. The highest BCUT2D eigenvalue weighted by atomic mass is 16.4. The number of amides is 2. The monoisotopic (exact) mass is 277 g/mol. The van der Waals surface area contributed by atoms with Crippen molar-refractivity contribution < 1.29 is 23.9 Å². The normalized spacial score (nSPS) is 29.1. The lowest BCUT2D eigenvalue weighted by atomic mass is 10.00. The second-order valence-corrected chi connectivity index (χ2v) is 5.61. The van der Waals surface area contributed by atoms with Crippen molar-refractivity contribution in [2.24, 2.45) is 17.8 Å². The highest BCUT2D eigenvalue weighted by Crippen LogP contribution is 2.43. The number of nitrogens with zero attached hydrogens (tertiary/aromatic N) is 1. The summed E-state index contributed by atoms with van der Waals surface area (Å²) in [4.78, 5) is 36.7. The SMILES string of the molecule is CC1CC2C(=O)N(Cc3occc3C(=O)O)C(=O)C2C1. The minimum absolute atomic E-state index is 0.00368. The number of hydrogen-bond donors (Lipinski definition) is 1. The van der Waals surface area contributed by atoms with Crippen molar-refractivity contribution in [3.05, 3.63) is 23.7 Å². The van der Waals surface area contributed by atoms with Gasteiger partial charge in [-0.25, -0.2) is 4.79 Å². The molecule has 0 radical (unpaired) electrons. The Morgan fingerprint density at radius 2 is 1.95 bits per heavy atom. The van der Waals surface area contributed by atoms with Crippen LogP contribution >= 0.6 is 0 Å². The molecule has 20 heavy (non-hydrogen) atoms. The number of carbonyl (C=O) groups is 3. The Morgan fingerprint density at radius 3 is 2.50 bits per heavy atom. The van der Waals surface area contributed by atoms with Crippen LogP contribution in [0.1, 0.15) is 35.9 Å². The van der Waals surface area contributed by atoms with Crippen molar-refractivity contribution in [2.75, 3.05) is 0 Å². The maximum Gasteiger partial charge on any atom is 0.339 e. The molecule has 1 aliphatic carbocycles. The zero-order valence-corrected chi connectivity index (χ0v) is 11.0. The van der Waals surface area contributed by atoms with E-state index < -0.39 is 5.97 Å². The zero-order chi connectivity index (χ0) is 14.4. The molecule has 106 valence electrons. The van der Waals surface area contributed by atoms with E-state index in [1.54, 1.807) is 0 Å². The summed E-state index contributed by atoms with van der Waals surface area (Å²) >= 11 is 0. The van der Waals surface area contributed by atoms with E-state index in [2.05, 4.69) is 0 Å². The molecule has 1 aliphatic heterocycles. The molecule has 1 aromatic heterocycles. The lowest BCUT2D eigenvalue weighted by Crippen LogP contribution is -2.32. The number of carbonyl (C=O) groups excluding carboxylic acids is 2. The molecule has 0 aromatic carbocycles. The summed E-state index contributed by atoms with van der Waals surface area (Å²) in [5.41, 5.74) is -0.00368. The van der Waals surface area contributed by atoms with Crippen LogP contribution in [-0.4, -0.2) is 27.8 Å². The Kier molecular flexibility index (Phi) is 2.88. The first-order valence-corrected chi connectivity index (χ1v) is 6.64. The summed E-state index contributed by atoms with van der Waals surface area (Å²) in [5, 5.41) is 9.01. The molecule has 2 fully saturated rings. The van der Waals surface area contributed by atoms with E-state index in [9.17, 15) is 14.4 Å². The average Bonchev–Trinajstić information content (AvgIpc) is 3.04. The second kappa shape index (κ2) is 4.47. The van der Waals surface area contributed by atoms with Gasteiger partial charge in [-0.15, -0.1) is 0 Å². The Bertz CT molecular complexity index is 566. The van der Waals surface area contributed by atoms with Gasteiger partial charge in [-0.3, -0.25) is 14.5 Å². The molecule has 2 aliphatic rings. The van der Waals surface area contributed by atoms with Gasteiger partial charge >= 0.3 is 5.97 Å². The van der Waals surface area contributed by atoms with Gasteiger partial charge in [0.05, 0.1) is 24.6 Å².